The number of hydrogen-bond donors (Lipinski definition) is 1. The largest absolute Gasteiger partial charge is 0.374 e. The van der Waals surface area contributed by atoms with Crippen molar-refractivity contribution >= 4 is 45.5 Å². The predicted octanol–water partition coefficient (Wildman–Crippen LogP) is 2.96. The zero-order valence-electron chi connectivity index (χ0n) is 12.6. The number of allylic oxidation sites excluding steroid dienone is 2. The van der Waals surface area contributed by atoms with Gasteiger partial charge in [0.1, 0.15) is 5.01 Å². The van der Waals surface area contributed by atoms with Gasteiger partial charge in [0, 0.05) is 13.0 Å². The van der Waals surface area contributed by atoms with Crippen molar-refractivity contribution in [3.63, 3.8) is 0 Å². The molecular formula is C16H14N4O2S2. The van der Waals surface area contributed by atoms with Gasteiger partial charge in [0.2, 0.25) is 5.13 Å². The van der Waals surface area contributed by atoms with Crippen LogP contribution in [0.3, 0.4) is 0 Å². The zero-order valence-corrected chi connectivity index (χ0v) is 14.2. The first-order chi connectivity index (χ1) is 11.6. The molecule has 2 amide bonds. The topological polar surface area (TPSA) is 89.2 Å². The number of rotatable bonds is 5. The average Bonchev–Trinajstić information content (AvgIpc) is 3.11. The number of anilines is 1. The maximum Gasteiger partial charge on any atom is 0.293 e. The number of amides is 2. The van der Waals surface area contributed by atoms with Crippen molar-refractivity contribution in [1.82, 2.24) is 15.1 Å². The van der Waals surface area contributed by atoms with Gasteiger partial charge in [-0.1, -0.05) is 53.8 Å². The van der Waals surface area contributed by atoms with Gasteiger partial charge in [-0.15, -0.1) is 10.2 Å². The van der Waals surface area contributed by atoms with Crippen molar-refractivity contribution in [2.75, 3.05) is 12.3 Å². The first kappa shape index (κ1) is 16.4. The molecule has 1 aliphatic heterocycles. The molecule has 2 N–H and O–H groups in total. The van der Waals surface area contributed by atoms with E-state index in [4.69, 9.17) is 5.73 Å². The van der Waals surface area contributed by atoms with Gasteiger partial charge < -0.3 is 5.73 Å². The minimum absolute atomic E-state index is 0.267. The second-order valence-corrected chi connectivity index (χ2v) is 7.00. The van der Waals surface area contributed by atoms with Gasteiger partial charge in [0.05, 0.1) is 4.91 Å². The Balaban J connectivity index is 1.63. The molecule has 1 saturated heterocycles. The van der Waals surface area contributed by atoms with Gasteiger partial charge >= 0.3 is 0 Å². The van der Waals surface area contributed by atoms with Gasteiger partial charge in [-0.25, -0.2) is 0 Å². The quantitative estimate of drug-likeness (QED) is 0.827. The minimum Gasteiger partial charge on any atom is -0.374 e. The molecule has 0 aliphatic carbocycles. The van der Waals surface area contributed by atoms with E-state index in [1.54, 1.807) is 12.2 Å². The number of aromatic nitrogens is 2. The molecule has 1 aliphatic rings. The summed E-state index contributed by atoms with van der Waals surface area (Å²) >= 11 is 2.21. The number of thioether (sulfide) groups is 1. The van der Waals surface area contributed by atoms with Crippen LogP contribution >= 0.6 is 23.1 Å². The number of nitrogen functional groups attached to an aromatic ring is 1. The third-order valence-corrected chi connectivity index (χ3v) is 4.98. The fourth-order valence-corrected chi connectivity index (χ4v) is 3.51. The number of imide groups is 1. The molecular weight excluding hydrogens is 344 g/mol. The predicted molar refractivity (Wildman–Crippen MR) is 96.3 cm³/mol. The molecule has 24 heavy (non-hydrogen) atoms. The van der Waals surface area contributed by atoms with E-state index in [0.717, 1.165) is 17.3 Å². The Bertz CT molecular complexity index is 814. The van der Waals surface area contributed by atoms with Crippen molar-refractivity contribution in [2.24, 2.45) is 0 Å². The lowest BCUT2D eigenvalue weighted by Gasteiger charge is -2.10. The van der Waals surface area contributed by atoms with Crippen LogP contribution in [0.25, 0.3) is 6.08 Å². The van der Waals surface area contributed by atoms with Crippen LogP contribution in [0, 0.1) is 0 Å². The second-order valence-electron chi connectivity index (χ2n) is 4.91. The van der Waals surface area contributed by atoms with E-state index in [1.807, 2.05) is 36.4 Å². The van der Waals surface area contributed by atoms with E-state index in [9.17, 15) is 9.59 Å². The molecule has 0 saturated carbocycles. The number of hydrogen-bond acceptors (Lipinski definition) is 7. The molecule has 6 nitrogen and oxygen atoms in total. The Labute approximate surface area is 147 Å². The summed E-state index contributed by atoms with van der Waals surface area (Å²) in [4.78, 5) is 26.0. The van der Waals surface area contributed by atoms with Gasteiger partial charge in [0.25, 0.3) is 11.1 Å². The van der Waals surface area contributed by atoms with Crippen molar-refractivity contribution in [2.45, 2.75) is 6.42 Å². The van der Waals surface area contributed by atoms with Crippen LogP contribution in [-0.2, 0) is 11.2 Å². The highest BCUT2D eigenvalue weighted by molar-refractivity contribution is 8.18. The summed E-state index contributed by atoms with van der Waals surface area (Å²) in [7, 11) is 0. The van der Waals surface area contributed by atoms with E-state index in [2.05, 4.69) is 10.2 Å². The molecule has 0 spiro atoms. The molecule has 8 heteroatoms. The normalized spacial score (nSPS) is 16.7. The van der Waals surface area contributed by atoms with Crippen LogP contribution in [0.5, 0.6) is 0 Å². The Morgan fingerprint density at radius 1 is 1.17 bits per heavy atom. The van der Waals surface area contributed by atoms with Crippen LogP contribution in [-0.4, -0.2) is 32.8 Å². The highest BCUT2D eigenvalue weighted by atomic mass is 32.2. The number of carbonyl (C=O) groups is 2. The first-order valence-electron chi connectivity index (χ1n) is 7.18. The summed E-state index contributed by atoms with van der Waals surface area (Å²) < 4.78 is 0. The molecule has 1 fully saturated rings. The molecule has 1 aromatic heterocycles. The average molecular weight is 358 g/mol. The Hall–Kier alpha value is -2.45. The van der Waals surface area contributed by atoms with Crippen LogP contribution in [0.4, 0.5) is 9.93 Å². The lowest BCUT2D eigenvalue weighted by atomic mass is 10.2. The van der Waals surface area contributed by atoms with Crippen molar-refractivity contribution in [3.05, 3.63) is 58.0 Å². The SMILES string of the molecule is Nc1nnc(CCN2C(=O)SC(=CC=Cc3ccccc3)C2=O)s1. The van der Waals surface area contributed by atoms with Crippen molar-refractivity contribution < 1.29 is 9.59 Å². The van der Waals surface area contributed by atoms with Crippen LogP contribution < -0.4 is 5.73 Å². The second kappa shape index (κ2) is 7.41. The lowest BCUT2D eigenvalue weighted by molar-refractivity contribution is -0.122. The summed E-state index contributed by atoms with van der Waals surface area (Å²) in [6.07, 6.45) is 5.79. The van der Waals surface area contributed by atoms with Crippen molar-refractivity contribution in [3.8, 4) is 0 Å². The summed E-state index contributed by atoms with van der Waals surface area (Å²) in [6.45, 7) is 0.277. The number of benzene rings is 1. The molecule has 2 aromatic rings. The van der Waals surface area contributed by atoms with Crippen LogP contribution in [0.1, 0.15) is 10.6 Å². The molecule has 3 rings (SSSR count). The van der Waals surface area contributed by atoms with Crippen LogP contribution in [0.15, 0.2) is 47.4 Å². The third-order valence-electron chi connectivity index (χ3n) is 3.24. The first-order valence-corrected chi connectivity index (χ1v) is 8.82. The highest BCUT2D eigenvalue weighted by Gasteiger charge is 2.34. The minimum atomic E-state index is -0.278. The fraction of sp³-hybridized carbons (Fsp3) is 0.125. The molecule has 0 bridgehead atoms. The Kier molecular flexibility index (Phi) is 5.07. The zero-order chi connectivity index (χ0) is 16.9. The molecule has 1 aromatic carbocycles. The van der Waals surface area contributed by atoms with Gasteiger partial charge in [-0.2, -0.15) is 0 Å². The van der Waals surface area contributed by atoms with E-state index in [-0.39, 0.29) is 17.7 Å². The molecule has 0 radical (unpaired) electrons. The maximum absolute atomic E-state index is 12.3. The summed E-state index contributed by atoms with van der Waals surface area (Å²) in [5.41, 5.74) is 6.55. The van der Waals surface area contributed by atoms with Gasteiger partial charge in [0.15, 0.2) is 0 Å². The van der Waals surface area contributed by atoms with E-state index in [1.165, 1.54) is 16.2 Å². The third kappa shape index (κ3) is 3.90. The number of carbonyl (C=O) groups excluding carboxylic acids is 2. The van der Waals surface area contributed by atoms with Crippen LogP contribution in [0.2, 0.25) is 0 Å². The Morgan fingerprint density at radius 3 is 2.67 bits per heavy atom. The molecule has 0 unspecified atom stereocenters. The number of nitrogens with zero attached hydrogens (tertiary/aromatic N) is 3. The van der Waals surface area contributed by atoms with E-state index in [0.29, 0.717) is 21.5 Å². The summed E-state index contributed by atoms with van der Waals surface area (Å²) in [5.74, 6) is -0.278. The van der Waals surface area contributed by atoms with Gasteiger partial charge in [-0.05, 0) is 23.4 Å². The molecule has 2 heterocycles. The highest BCUT2D eigenvalue weighted by Crippen LogP contribution is 2.30. The summed E-state index contributed by atoms with van der Waals surface area (Å²) in [6, 6.07) is 9.74. The summed E-state index contributed by atoms with van der Waals surface area (Å²) in [5, 5.41) is 8.43. The standard InChI is InChI=1S/C16H14N4O2S2/c17-15-19-18-13(24-15)9-10-20-14(21)12(23-16(20)22)8-4-7-11-5-2-1-3-6-11/h1-8H,9-10H2,(H2,17,19). The van der Waals surface area contributed by atoms with E-state index >= 15 is 0 Å². The molecule has 0 atom stereocenters. The van der Waals surface area contributed by atoms with E-state index < -0.39 is 0 Å². The van der Waals surface area contributed by atoms with Crippen molar-refractivity contribution in [1.29, 1.82) is 0 Å². The lowest BCUT2D eigenvalue weighted by Crippen LogP contribution is -2.30. The monoisotopic (exact) mass is 358 g/mol. The smallest absolute Gasteiger partial charge is 0.293 e. The Morgan fingerprint density at radius 2 is 1.96 bits per heavy atom. The molecule has 122 valence electrons. The van der Waals surface area contributed by atoms with Gasteiger partial charge in [-0.3, -0.25) is 14.5 Å². The number of nitrogens with two attached hydrogens (primary N) is 1. The maximum atomic E-state index is 12.3. The fourth-order valence-electron chi connectivity index (χ4n) is 2.09.